The van der Waals surface area contributed by atoms with Gasteiger partial charge in [0, 0.05) is 16.0 Å². The molecule has 0 unspecified atom stereocenters. The molecule has 110 valence electrons. The van der Waals surface area contributed by atoms with Gasteiger partial charge in [0.1, 0.15) is 0 Å². The maximum atomic E-state index is 11.6. The van der Waals surface area contributed by atoms with E-state index in [1.54, 1.807) is 24.3 Å². The van der Waals surface area contributed by atoms with Crippen LogP contribution >= 0.6 is 11.6 Å². The molecule has 1 N–H and O–H groups in total. The van der Waals surface area contributed by atoms with Gasteiger partial charge in [0.15, 0.2) is 0 Å². The van der Waals surface area contributed by atoms with E-state index in [1.165, 1.54) is 0 Å². The summed E-state index contributed by atoms with van der Waals surface area (Å²) in [7, 11) is 0. The minimum absolute atomic E-state index is 0.211. The molecule has 0 amide bonds. The molecule has 3 nitrogen and oxygen atoms in total. The van der Waals surface area contributed by atoms with Gasteiger partial charge in [-0.25, -0.2) is 9.78 Å². The fourth-order valence-electron chi connectivity index (χ4n) is 2.52. The lowest BCUT2D eigenvalue weighted by Gasteiger charge is -2.10. The Balaban J connectivity index is 2.34. The van der Waals surface area contributed by atoms with Crippen LogP contribution in [0, 0.1) is 13.8 Å². The van der Waals surface area contributed by atoms with Gasteiger partial charge in [-0.3, -0.25) is 0 Å². The van der Waals surface area contributed by atoms with E-state index in [-0.39, 0.29) is 5.56 Å². The first-order valence-electron chi connectivity index (χ1n) is 6.87. The van der Waals surface area contributed by atoms with Gasteiger partial charge in [0.25, 0.3) is 0 Å². The summed E-state index contributed by atoms with van der Waals surface area (Å²) in [4.78, 5) is 16.2. The van der Waals surface area contributed by atoms with Crippen LogP contribution in [0.25, 0.3) is 22.2 Å². The SMILES string of the molecule is Cc1ccc(C)c(-c2cc(C(=O)O)c3cc(Cl)ccc3n2)c1. The van der Waals surface area contributed by atoms with Crippen LogP contribution < -0.4 is 0 Å². The lowest BCUT2D eigenvalue weighted by atomic mass is 9.99. The van der Waals surface area contributed by atoms with Gasteiger partial charge < -0.3 is 5.11 Å². The molecule has 3 aromatic rings. The molecule has 0 aliphatic rings. The molecule has 0 atom stereocenters. The highest BCUT2D eigenvalue weighted by Crippen LogP contribution is 2.29. The van der Waals surface area contributed by atoms with Crippen molar-refractivity contribution in [3.8, 4) is 11.3 Å². The number of carboxylic acid groups (broad SMARTS) is 1. The Labute approximate surface area is 133 Å². The van der Waals surface area contributed by atoms with Crippen molar-refractivity contribution in [1.82, 2.24) is 4.98 Å². The Bertz CT molecular complexity index is 903. The van der Waals surface area contributed by atoms with E-state index in [0.29, 0.717) is 21.6 Å². The molecule has 22 heavy (non-hydrogen) atoms. The topological polar surface area (TPSA) is 50.2 Å². The smallest absolute Gasteiger partial charge is 0.336 e. The predicted octanol–water partition coefficient (Wildman–Crippen LogP) is 4.87. The molecule has 0 radical (unpaired) electrons. The average Bonchev–Trinajstić information content (AvgIpc) is 2.48. The standard InChI is InChI=1S/C18H14ClNO2/c1-10-3-4-11(2)13(7-10)17-9-15(18(21)22)14-8-12(19)5-6-16(14)20-17/h3-9H,1-2H3,(H,21,22). The van der Waals surface area contributed by atoms with Crippen molar-refractivity contribution in [2.45, 2.75) is 13.8 Å². The van der Waals surface area contributed by atoms with Crippen molar-refractivity contribution in [1.29, 1.82) is 0 Å². The zero-order valence-electron chi connectivity index (χ0n) is 12.2. The maximum absolute atomic E-state index is 11.6. The Morgan fingerprint density at radius 3 is 2.59 bits per heavy atom. The molecule has 0 aliphatic carbocycles. The van der Waals surface area contributed by atoms with E-state index in [9.17, 15) is 9.90 Å². The van der Waals surface area contributed by atoms with Crippen molar-refractivity contribution < 1.29 is 9.90 Å². The number of hydrogen-bond donors (Lipinski definition) is 1. The predicted molar refractivity (Wildman–Crippen MR) is 88.6 cm³/mol. The fraction of sp³-hybridized carbons (Fsp3) is 0.111. The highest BCUT2D eigenvalue weighted by molar-refractivity contribution is 6.31. The molecule has 0 saturated heterocycles. The first kappa shape index (κ1) is 14.5. The van der Waals surface area contributed by atoms with Gasteiger partial charge in [-0.1, -0.05) is 29.3 Å². The molecule has 1 aromatic heterocycles. The van der Waals surface area contributed by atoms with Gasteiger partial charge in [-0.2, -0.15) is 0 Å². The van der Waals surface area contributed by atoms with Gasteiger partial charge in [-0.05, 0) is 49.7 Å². The largest absolute Gasteiger partial charge is 0.478 e. The summed E-state index contributed by atoms with van der Waals surface area (Å²) in [6.45, 7) is 3.99. The quantitative estimate of drug-likeness (QED) is 0.734. The molecule has 0 aliphatic heterocycles. The molecule has 1 heterocycles. The van der Waals surface area contributed by atoms with E-state index in [0.717, 1.165) is 16.7 Å². The third kappa shape index (κ3) is 2.55. The minimum Gasteiger partial charge on any atom is -0.478 e. The lowest BCUT2D eigenvalue weighted by molar-refractivity contribution is 0.0699. The fourth-order valence-corrected chi connectivity index (χ4v) is 2.70. The number of aryl methyl sites for hydroxylation is 2. The van der Waals surface area contributed by atoms with Crippen LogP contribution in [0.4, 0.5) is 0 Å². The molecular formula is C18H14ClNO2. The molecule has 0 bridgehead atoms. The summed E-state index contributed by atoms with van der Waals surface area (Å²) >= 11 is 5.98. The minimum atomic E-state index is -0.985. The highest BCUT2D eigenvalue weighted by Gasteiger charge is 2.14. The summed E-state index contributed by atoms with van der Waals surface area (Å²) in [6.07, 6.45) is 0. The van der Waals surface area contributed by atoms with E-state index in [2.05, 4.69) is 4.98 Å². The number of fused-ring (bicyclic) bond motifs is 1. The van der Waals surface area contributed by atoms with Gasteiger partial charge in [-0.15, -0.1) is 0 Å². The Hall–Kier alpha value is -2.39. The van der Waals surface area contributed by atoms with Crippen LogP contribution in [-0.4, -0.2) is 16.1 Å². The number of nitrogens with zero attached hydrogens (tertiary/aromatic N) is 1. The number of aromatic nitrogens is 1. The van der Waals surface area contributed by atoms with Crippen molar-refractivity contribution in [3.05, 3.63) is 64.2 Å². The van der Waals surface area contributed by atoms with Crippen LogP contribution in [0.15, 0.2) is 42.5 Å². The molecular weight excluding hydrogens is 298 g/mol. The number of carboxylic acids is 1. The Kier molecular flexibility index (Phi) is 3.59. The third-order valence-corrected chi connectivity index (χ3v) is 3.91. The third-order valence-electron chi connectivity index (χ3n) is 3.67. The van der Waals surface area contributed by atoms with Crippen molar-refractivity contribution in [2.75, 3.05) is 0 Å². The number of rotatable bonds is 2. The van der Waals surface area contributed by atoms with Crippen LogP contribution in [0.3, 0.4) is 0 Å². The second-order valence-corrected chi connectivity index (χ2v) is 5.78. The number of aromatic carboxylic acids is 1. The summed E-state index contributed by atoms with van der Waals surface area (Å²) in [6, 6.07) is 12.8. The molecule has 4 heteroatoms. The van der Waals surface area contributed by atoms with Gasteiger partial charge in [0.05, 0.1) is 16.8 Å². The highest BCUT2D eigenvalue weighted by atomic mass is 35.5. The van der Waals surface area contributed by atoms with Gasteiger partial charge >= 0.3 is 5.97 Å². The normalized spacial score (nSPS) is 10.9. The van der Waals surface area contributed by atoms with Gasteiger partial charge in [0.2, 0.25) is 0 Å². The monoisotopic (exact) mass is 311 g/mol. The first-order valence-corrected chi connectivity index (χ1v) is 7.25. The second kappa shape index (κ2) is 5.43. The number of benzene rings is 2. The second-order valence-electron chi connectivity index (χ2n) is 5.34. The summed E-state index contributed by atoms with van der Waals surface area (Å²) in [5, 5.41) is 10.5. The average molecular weight is 312 g/mol. The van der Waals surface area contributed by atoms with E-state index < -0.39 is 5.97 Å². The summed E-state index contributed by atoms with van der Waals surface area (Å²) < 4.78 is 0. The molecule has 2 aromatic carbocycles. The van der Waals surface area contributed by atoms with Crippen LogP contribution in [0.1, 0.15) is 21.5 Å². The Morgan fingerprint density at radius 2 is 1.86 bits per heavy atom. The zero-order valence-corrected chi connectivity index (χ0v) is 13.0. The number of carbonyl (C=O) groups is 1. The lowest BCUT2D eigenvalue weighted by Crippen LogP contribution is -2.01. The number of hydrogen-bond acceptors (Lipinski definition) is 2. The van der Waals surface area contributed by atoms with Crippen LogP contribution in [-0.2, 0) is 0 Å². The van der Waals surface area contributed by atoms with Crippen molar-refractivity contribution in [2.24, 2.45) is 0 Å². The van der Waals surface area contributed by atoms with Crippen molar-refractivity contribution >= 4 is 28.5 Å². The molecule has 0 saturated carbocycles. The number of halogens is 1. The van der Waals surface area contributed by atoms with E-state index in [4.69, 9.17) is 11.6 Å². The Morgan fingerprint density at radius 1 is 1.09 bits per heavy atom. The summed E-state index contributed by atoms with van der Waals surface area (Å²) in [5.41, 5.74) is 4.61. The first-order chi connectivity index (χ1) is 10.5. The summed E-state index contributed by atoms with van der Waals surface area (Å²) in [5.74, 6) is -0.985. The van der Waals surface area contributed by atoms with Crippen LogP contribution in [0.5, 0.6) is 0 Å². The van der Waals surface area contributed by atoms with Crippen molar-refractivity contribution in [3.63, 3.8) is 0 Å². The maximum Gasteiger partial charge on any atom is 0.336 e. The van der Waals surface area contributed by atoms with E-state index >= 15 is 0 Å². The molecule has 0 fully saturated rings. The van der Waals surface area contributed by atoms with E-state index in [1.807, 2.05) is 32.0 Å². The van der Waals surface area contributed by atoms with Crippen LogP contribution in [0.2, 0.25) is 5.02 Å². The molecule has 3 rings (SSSR count). The number of pyridine rings is 1. The zero-order chi connectivity index (χ0) is 15.9. The molecule has 0 spiro atoms.